The summed E-state index contributed by atoms with van der Waals surface area (Å²) in [6.07, 6.45) is 0. The lowest BCUT2D eigenvalue weighted by Crippen LogP contribution is -2.28. The Morgan fingerprint density at radius 1 is 0.935 bits per heavy atom. The molecule has 3 aromatic carbocycles. The smallest absolute Gasteiger partial charge is 0.319 e. The van der Waals surface area contributed by atoms with E-state index in [0.29, 0.717) is 35.0 Å². The number of benzene rings is 3. The van der Waals surface area contributed by atoms with Crippen LogP contribution in [0.15, 0.2) is 66.7 Å². The van der Waals surface area contributed by atoms with E-state index < -0.39 is 0 Å². The molecule has 0 unspecified atom stereocenters. The van der Waals surface area contributed by atoms with Crippen molar-refractivity contribution in [2.24, 2.45) is 0 Å². The fourth-order valence-corrected chi connectivity index (χ4v) is 3.11. The van der Waals surface area contributed by atoms with E-state index in [-0.39, 0.29) is 11.9 Å². The first-order valence-electron chi connectivity index (χ1n) is 9.84. The largest absolute Gasteiger partial charge is 0.399 e. The molecule has 0 aliphatic carbocycles. The lowest BCUT2D eigenvalue weighted by atomic mass is 10.2. The van der Waals surface area contributed by atoms with Crippen molar-refractivity contribution in [2.45, 2.75) is 6.92 Å². The number of H-pyrrole nitrogens is 1. The molecule has 3 amide bonds. The molecule has 0 radical (unpaired) electrons. The van der Waals surface area contributed by atoms with Crippen molar-refractivity contribution in [2.75, 3.05) is 22.9 Å². The Balaban J connectivity index is 1.50. The summed E-state index contributed by atoms with van der Waals surface area (Å²) in [5.74, 6) is 0.482. The van der Waals surface area contributed by atoms with Crippen LogP contribution in [0.3, 0.4) is 0 Å². The second-order valence-corrected chi connectivity index (χ2v) is 6.96. The molecule has 0 atom stereocenters. The van der Waals surface area contributed by atoms with Gasteiger partial charge in [-0.2, -0.15) is 0 Å². The number of hydrogen-bond acceptors (Lipinski definition) is 4. The number of nitrogens with zero attached hydrogens (tertiary/aromatic N) is 1. The van der Waals surface area contributed by atoms with Crippen molar-refractivity contribution in [3.63, 3.8) is 0 Å². The van der Waals surface area contributed by atoms with Gasteiger partial charge in [-0.05, 0) is 73.7 Å². The minimum Gasteiger partial charge on any atom is -0.399 e. The minimum atomic E-state index is -0.243. The molecule has 0 spiro atoms. The molecule has 0 aliphatic rings. The van der Waals surface area contributed by atoms with Gasteiger partial charge >= 0.3 is 6.03 Å². The van der Waals surface area contributed by atoms with Crippen LogP contribution in [0.5, 0.6) is 0 Å². The Kier molecular flexibility index (Phi) is 5.53. The monoisotopic (exact) mass is 414 g/mol. The highest BCUT2D eigenvalue weighted by molar-refractivity contribution is 6.05. The van der Waals surface area contributed by atoms with Gasteiger partial charge in [0, 0.05) is 34.7 Å². The number of rotatable bonds is 5. The summed E-state index contributed by atoms with van der Waals surface area (Å²) in [5.41, 5.74) is 10.6. The van der Waals surface area contributed by atoms with Gasteiger partial charge < -0.3 is 26.7 Å². The average Bonchev–Trinajstić information content (AvgIpc) is 3.18. The molecule has 0 aliphatic heterocycles. The molecule has 8 heteroatoms. The van der Waals surface area contributed by atoms with Crippen molar-refractivity contribution >= 4 is 40.0 Å². The van der Waals surface area contributed by atoms with Crippen molar-refractivity contribution in [1.29, 1.82) is 0 Å². The zero-order chi connectivity index (χ0) is 21.8. The van der Waals surface area contributed by atoms with E-state index in [1.54, 1.807) is 24.3 Å². The highest BCUT2D eigenvalue weighted by Gasteiger charge is 2.10. The fraction of sp³-hybridized carbons (Fsp3) is 0.0870. The summed E-state index contributed by atoms with van der Waals surface area (Å²) in [6, 6.07) is 19.4. The Labute approximate surface area is 178 Å². The topological polar surface area (TPSA) is 125 Å². The van der Waals surface area contributed by atoms with Crippen LogP contribution in [-0.2, 0) is 0 Å². The van der Waals surface area contributed by atoms with E-state index >= 15 is 0 Å². The Morgan fingerprint density at radius 3 is 2.35 bits per heavy atom. The van der Waals surface area contributed by atoms with Crippen LogP contribution in [0.25, 0.3) is 22.4 Å². The van der Waals surface area contributed by atoms with E-state index in [4.69, 9.17) is 5.73 Å². The Morgan fingerprint density at radius 2 is 1.65 bits per heavy atom. The highest BCUT2D eigenvalue weighted by atomic mass is 16.2. The second-order valence-electron chi connectivity index (χ2n) is 6.96. The number of nitrogens with two attached hydrogens (primary N) is 1. The summed E-state index contributed by atoms with van der Waals surface area (Å²) in [4.78, 5) is 31.9. The number of carbonyl (C=O) groups is 2. The third kappa shape index (κ3) is 4.64. The van der Waals surface area contributed by atoms with Crippen LogP contribution in [0.2, 0.25) is 0 Å². The maximum atomic E-state index is 12.4. The molecule has 0 bridgehead atoms. The number of fused-ring (bicyclic) bond motifs is 1. The predicted octanol–water partition coefficient (Wildman–Crippen LogP) is 4.21. The van der Waals surface area contributed by atoms with Gasteiger partial charge in [-0.3, -0.25) is 4.79 Å². The van der Waals surface area contributed by atoms with Crippen LogP contribution in [-0.4, -0.2) is 28.5 Å². The normalized spacial score (nSPS) is 10.6. The number of nitrogens with one attached hydrogen (secondary N) is 4. The molecule has 4 aromatic rings. The van der Waals surface area contributed by atoms with Gasteiger partial charge in [-0.15, -0.1) is 0 Å². The maximum Gasteiger partial charge on any atom is 0.319 e. The maximum absolute atomic E-state index is 12.4. The van der Waals surface area contributed by atoms with Gasteiger partial charge in [0.05, 0.1) is 11.0 Å². The summed E-state index contributed by atoms with van der Waals surface area (Å²) in [6.45, 7) is 2.42. The van der Waals surface area contributed by atoms with Crippen molar-refractivity contribution < 1.29 is 9.59 Å². The molecule has 0 saturated heterocycles. The van der Waals surface area contributed by atoms with Crippen LogP contribution >= 0.6 is 0 Å². The first-order chi connectivity index (χ1) is 15.0. The number of carbonyl (C=O) groups excluding carboxylic acids is 2. The molecule has 156 valence electrons. The second kappa shape index (κ2) is 8.58. The zero-order valence-corrected chi connectivity index (χ0v) is 16.9. The minimum absolute atomic E-state index is 0.214. The van der Waals surface area contributed by atoms with Gasteiger partial charge in [0.1, 0.15) is 5.82 Å². The van der Waals surface area contributed by atoms with E-state index in [9.17, 15) is 9.59 Å². The average molecular weight is 414 g/mol. The number of amides is 3. The van der Waals surface area contributed by atoms with Crippen molar-refractivity contribution in [3.05, 3.63) is 72.3 Å². The van der Waals surface area contributed by atoms with Crippen LogP contribution in [0, 0.1) is 0 Å². The van der Waals surface area contributed by atoms with Gasteiger partial charge in [-0.1, -0.05) is 0 Å². The van der Waals surface area contributed by atoms with Crippen molar-refractivity contribution in [3.8, 4) is 11.4 Å². The van der Waals surface area contributed by atoms with E-state index in [2.05, 4.69) is 25.9 Å². The third-order valence-electron chi connectivity index (χ3n) is 4.67. The van der Waals surface area contributed by atoms with Crippen molar-refractivity contribution in [1.82, 2.24) is 15.3 Å². The molecule has 8 nitrogen and oxygen atoms in total. The van der Waals surface area contributed by atoms with Gasteiger partial charge in [0.2, 0.25) is 0 Å². The third-order valence-corrected chi connectivity index (χ3v) is 4.67. The standard InChI is InChI=1S/C23H22N6O2/c1-2-25-23(31)27-17-9-5-14(6-10-17)21-28-19-12-11-18(13-20(19)29-21)26-22(30)15-3-7-16(24)8-4-15/h3-13H,2,24H2,1H3,(H,26,30)(H,28,29)(H2,25,27,31). The predicted molar refractivity (Wildman–Crippen MR) is 123 cm³/mol. The number of nitrogen functional groups attached to an aromatic ring is 1. The van der Waals surface area contributed by atoms with E-state index in [0.717, 1.165) is 16.6 Å². The molecule has 1 aromatic heterocycles. The SMILES string of the molecule is CCNC(=O)Nc1ccc(-c2nc3ccc(NC(=O)c4ccc(N)cc4)cc3[nH]2)cc1. The summed E-state index contributed by atoms with van der Waals surface area (Å²) in [5, 5.41) is 8.33. The lowest BCUT2D eigenvalue weighted by Gasteiger charge is -2.06. The quantitative estimate of drug-likeness (QED) is 0.314. The van der Waals surface area contributed by atoms with Gasteiger partial charge in [0.25, 0.3) is 5.91 Å². The Hall–Kier alpha value is -4.33. The number of anilines is 3. The summed E-state index contributed by atoms with van der Waals surface area (Å²) in [7, 11) is 0. The number of hydrogen-bond donors (Lipinski definition) is 5. The molecule has 6 N–H and O–H groups in total. The lowest BCUT2D eigenvalue weighted by molar-refractivity contribution is 0.102. The highest BCUT2D eigenvalue weighted by Crippen LogP contribution is 2.24. The van der Waals surface area contributed by atoms with Crippen LogP contribution in [0.4, 0.5) is 21.9 Å². The summed E-state index contributed by atoms with van der Waals surface area (Å²) >= 11 is 0. The summed E-state index contributed by atoms with van der Waals surface area (Å²) < 4.78 is 0. The molecule has 0 fully saturated rings. The first-order valence-corrected chi connectivity index (χ1v) is 9.84. The van der Waals surface area contributed by atoms with Crippen LogP contribution in [0.1, 0.15) is 17.3 Å². The Bertz CT molecular complexity index is 1230. The number of aromatic amines is 1. The van der Waals surface area contributed by atoms with E-state index in [1.807, 2.05) is 49.4 Å². The van der Waals surface area contributed by atoms with Gasteiger partial charge in [-0.25, -0.2) is 9.78 Å². The molecular formula is C23H22N6O2. The first kappa shape index (κ1) is 20.0. The van der Waals surface area contributed by atoms with Gasteiger partial charge in [0.15, 0.2) is 0 Å². The van der Waals surface area contributed by atoms with E-state index in [1.165, 1.54) is 0 Å². The molecule has 31 heavy (non-hydrogen) atoms. The molecule has 4 rings (SSSR count). The number of urea groups is 1. The molecule has 0 saturated carbocycles. The molecule has 1 heterocycles. The van der Waals surface area contributed by atoms with Crippen LogP contribution < -0.4 is 21.7 Å². The number of imidazole rings is 1. The zero-order valence-electron chi connectivity index (χ0n) is 16.9. The fourth-order valence-electron chi connectivity index (χ4n) is 3.11. The number of aromatic nitrogens is 2. The molecular weight excluding hydrogens is 392 g/mol.